The third-order valence-electron chi connectivity index (χ3n) is 1.87. The van der Waals surface area contributed by atoms with Gasteiger partial charge in [-0.2, -0.15) is 0 Å². The summed E-state index contributed by atoms with van der Waals surface area (Å²) in [7, 11) is 0. The normalized spacial score (nSPS) is 10.4. The highest BCUT2D eigenvalue weighted by molar-refractivity contribution is 6.30. The molecule has 0 amide bonds. The average Bonchev–Trinajstić information content (AvgIpc) is 2.60. The van der Waals surface area contributed by atoms with E-state index in [2.05, 4.69) is 15.5 Å². The van der Waals surface area contributed by atoms with Crippen molar-refractivity contribution in [3.63, 3.8) is 0 Å². The smallest absolute Gasteiger partial charge is 0.235 e. The number of aryl methyl sites for hydroxylation is 1. The van der Waals surface area contributed by atoms with Crippen molar-refractivity contribution >= 4 is 17.3 Å². The Bertz CT molecular complexity index is 480. The van der Waals surface area contributed by atoms with Crippen LogP contribution in [0.3, 0.4) is 0 Å². The first-order chi connectivity index (χ1) is 7.63. The molecule has 84 valence electrons. The standard InChI is InChI=1S/C10H9ClFN3O/c1-6-14-15-10(16-6)5-13-9-3-7(11)2-8(12)4-9/h2-4,13H,5H2,1H3. The Hall–Kier alpha value is -1.62. The fraction of sp³-hybridized carbons (Fsp3) is 0.200. The summed E-state index contributed by atoms with van der Waals surface area (Å²) in [5.74, 6) is 0.545. The second-order valence-electron chi connectivity index (χ2n) is 3.23. The van der Waals surface area contributed by atoms with Gasteiger partial charge in [0.25, 0.3) is 0 Å². The van der Waals surface area contributed by atoms with E-state index in [9.17, 15) is 4.39 Å². The first kappa shape index (κ1) is 10.9. The average molecular weight is 242 g/mol. The van der Waals surface area contributed by atoms with Crippen molar-refractivity contribution in [3.05, 3.63) is 40.8 Å². The largest absolute Gasteiger partial charge is 0.424 e. The highest BCUT2D eigenvalue weighted by Gasteiger charge is 2.03. The van der Waals surface area contributed by atoms with Gasteiger partial charge >= 0.3 is 0 Å². The summed E-state index contributed by atoms with van der Waals surface area (Å²) in [5.41, 5.74) is 0.570. The van der Waals surface area contributed by atoms with Crippen molar-refractivity contribution in [2.45, 2.75) is 13.5 Å². The minimum Gasteiger partial charge on any atom is -0.424 e. The van der Waals surface area contributed by atoms with Crippen LogP contribution in [0.1, 0.15) is 11.8 Å². The maximum Gasteiger partial charge on any atom is 0.235 e. The van der Waals surface area contributed by atoms with Crippen LogP contribution in [0.5, 0.6) is 0 Å². The van der Waals surface area contributed by atoms with Crippen molar-refractivity contribution in [3.8, 4) is 0 Å². The molecule has 0 saturated carbocycles. The highest BCUT2D eigenvalue weighted by Crippen LogP contribution is 2.18. The van der Waals surface area contributed by atoms with Gasteiger partial charge in [0.2, 0.25) is 11.8 Å². The molecular formula is C10H9ClFN3O. The van der Waals surface area contributed by atoms with Gasteiger partial charge in [-0.25, -0.2) is 4.39 Å². The maximum atomic E-state index is 13.0. The molecule has 16 heavy (non-hydrogen) atoms. The number of benzene rings is 1. The van der Waals surface area contributed by atoms with Crippen LogP contribution in [0, 0.1) is 12.7 Å². The minimum atomic E-state index is -0.392. The fourth-order valence-corrected chi connectivity index (χ4v) is 1.46. The van der Waals surface area contributed by atoms with Crippen molar-refractivity contribution in [2.24, 2.45) is 0 Å². The van der Waals surface area contributed by atoms with E-state index in [4.69, 9.17) is 16.0 Å². The van der Waals surface area contributed by atoms with Crippen LogP contribution in [0.15, 0.2) is 22.6 Å². The summed E-state index contributed by atoms with van der Waals surface area (Å²) in [5, 5.41) is 10.7. The molecule has 1 aromatic carbocycles. The Morgan fingerprint density at radius 2 is 2.19 bits per heavy atom. The maximum absolute atomic E-state index is 13.0. The van der Waals surface area contributed by atoms with Gasteiger partial charge in [0, 0.05) is 17.6 Å². The predicted octanol–water partition coefficient (Wildman–Crippen LogP) is 2.78. The molecule has 6 heteroatoms. The number of hydrogen-bond acceptors (Lipinski definition) is 4. The summed E-state index contributed by atoms with van der Waals surface area (Å²) in [6.07, 6.45) is 0. The van der Waals surface area contributed by atoms with E-state index in [0.717, 1.165) is 0 Å². The van der Waals surface area contributed by atoms with Crippen LogP contribution in [-0.2, 0) is 6.54 Å². The monoisotopic (exact) mass is 241 g/mol. The molecule has 0 aliphatic carbocycles. The van der Waals surface area contributed by atoms with Gasteiger partial charge in [0.1, 0.15) is 5.82 Å². The molecule has 1 heterocycles. The molecule has 0 aliphatic heterocycles. The second kappa shape index (κ2) is 4.49. The highest BCUT2D eigenvalue weighted by atomic mass is 35.5. The quantitative estimate of drug-likeness (QED) is 0.898. The summed E-state index contributed by atoms with van der Waals surface area (Å²) in [6, 6.07) is 4.20. The van der Waals surface area contributed by atoms with Crippen LogP contribution in [0.2, 0.25) is 5.02 Å². The summed E-state index contributed by atoms with van der Waals surface area (Å²) < 4.78 is 18.1. The minimum absolute atomic E-state index is 0.334. The van der Waals surface area contributed by atoms with E-state index < -0.39 is 5.82 Å². The molecule has 1 aromatic heterocycles. The van der Waals surface area contributed by atoms with Crippen LogP contribution < -0.4 is 5.32 Å². The van der Waals surface area contributed by atoms with Crippen molar-refractivity contribution < 1.29 is 8.81 Å². The number of nitrogens with zero attached hydrogens (tertiary/aromatic N) is 2. The van der Waals surface area contributed by atoms with E-state index in [1.54, 1.807) is 13.0 Å². The molecular weight excluding hydrogens is 233 g/mol. The van der Waals surface area contributed by atoms with Gasteiger partial charge < -0.3 is 9.73 Å². The molecule has 1 N–H and O–H groups in total. The second-order valence-corrected chi connectivity index (χ2v) is 3.66. The first-order valence-corrected chi connectivity index (χ1v) is 5.00. The topological polar surface area (TPSA) is 51.0 Å². The van der Waals surface area contributed by atoms with Gasteiger partial charge in [-0.15, -0.1) is 10.2 Å². The van der Waals surface area contributed by atoms with Gasteiger partial charge in [-0.1, -0.05) is 11.6 Å². The lowest BCUT2D eigenvalue weighted by atomic mass is 10.3. The number of nitrogens with one attached hydrogen (secondary N) is 1. The Kier molecular flexibility index (Phi) is 3.05. The Morgan fingerprint density at radius 3 is 2.81 bits per heavy atom. The molecule has 0 unspecified atom stereocenters. The molecule has 0 atom stereocenters. The summed E-state index contributed by atoms with van der Waals surface area (Å²) in [6.45, 7) is 2.04. The molecule has 0 fully saturated rings. The summed E-state index contributed by atoms with van der Waals surface area (Å²) >= 11 is 5.70. The number of aromatic nitrogens is 2. The van der Waals surface area contributed by atoms with Crippen LogP contribution in [0.4, 0.5) is 10.1 Å². The van der Waals surface area contributed by atoms with Gasteiger partial charge in [0.15, 0.2) is 0 Å². The predicted molar refractivity (Wildman–Crippen MR) is 57.8 cm³/mol. The van der Waals surface area contributed by atoms with Crippen molar-refractivity contribution in [2.75, 3.05) is 5.32 Å². The fourth-order valence-electron chi connectivity index (χ4n) is 1.24. The van der Waals surface area contributed by atoms with Gasteiger partial charge in [-0.3, -0.25) is 0 Å². The lowest BCUT2D eigenvalue weighted by Crippen LogP contribution is -2.00. The Labute approximate surface area is 96.4 Å². The zero-order valence-corrected chi connectivity index (χ0v) is 9.25. The van der Waals surface area contributed by atoms with E-state index in [1.807, 2.05) is 0 Å². The number of halogens is 2. The van der Waals surface area contributed by atoms with Crippen molar-refractivity contribution in [1.82, 2.24) is 10.2 Å². The molecule has 0 spiro atoms. The van der Waals surface area contributed by atoms with E-state index in [1.165, 1.54) is 12.1 Å². The molecule has 2 aromatic rings. The summed E-state index contributed by atoms with van der Waals surface area (Å²) in [4.78, 5) is 0. The molecule has 0 saturated heterocycles. The third kappa shape index (κ3) is 2.70. The van der Waals surface area contributed by atoms with Crippen molar-refractivity contribution in [1.29, 1.82) is 0 Å². The number of anilines is 1. The van der Waals surface area contributed by atoms with Gasteiger partial charge in [0.05, 0.1) is 6.54 Å². The zero-order chi connectivity index (χ0) is 11.5. The Balaban J connectivity index is 2.04. The third-order valence-corrected chi connectivity index (χ3v) is 2.09. The van der Waals surface area contributed by atoms with E-state index >= 15 is 0 Å². The van der Waals surface area contributed by atoms with E-state index in [0.29, 0.717) is 29.0 Å². The van der Waals surface area contributed by atoms with E-state index in [-0.39, 0.29) is 0 Å². The Morgan fingerprint density at radius 1 is 1.38 bits per heavy atom. The molecule has 2 rings (SSSR count). The first-order valence-electron chi connectivity index (χ1n) is 4.62. The zero-order valence-electron chi connectivity index (χ0n) is 8.50. The van der Waals surface area contributed by atoms with Crippen LogP contribution >= 0.6 is 11.6 Å². The molecule has 0 bridgehead atoms. The van der Waals surface area contributed by atoms with Crippen LogP contribution in [-0.4, -0.2) is 10.2 Å². The number of rotatable bonds is 3. The molecule has 0 radical (unpaired) electrons. The lowest BCUT2D eigenvalue weighted by molar-refractivity contribution is 0.474. The molecule has 0 aliphatic rings. The van der Waals surface area contributed by atoms with Gasteiger partial charge in [-0.05, 0) is 18.2 Å². The lowest BCUT2D eigenvalue weighted by Gasteiger charge is -2.03. The molecule has 4 nitrogen and oxygen atoms in total. The van der Waals surface area contributed by atoms with Crippen LogP contribution in [0.25, 0.3) is 0 Å². The SMILES string of the molecule is Cc1nnc(CNc2cc(F)cc(Cl)c2)o1. The number of hydrogen-bond donors (Lipinski definition) is 1.